The Hall–Kier alpha value is -0.610. The molecule has 1 heteroatoms. The molecule has 0 aromatic carbocycles. The van der Waals surface area contributed by atoms with E-state index < -0.39 is 0 Å². The summed E-state index contributed by atoms with van der Waals surface area (Å²) in [4.78, 5) is 0. The zero-order valence-electron chi connectivity index (χ0n) is 10.1. The Kier molecular flexibility index (Phi) is 8.33. The minimum absolute atomic E-state index is 1.09. The SMILES string of the molecule is C=C(C=CC)CCCCC=C(C)C(=C)P. The van der Waals surface area contributed by atoms with Crippen molar-refractivity contribution < 1.29 is 0 Å². The molecule has 0 fully saturated rings. The maximum atomic E-state index is 3.99. The summed E-state index contributed by atoms with van der Waals surface area (Å²) in [5, 5.41) is 1.09. The van der Waals surface area contributed by atoms with Crippen LogP contribution in [0.3, 0.4) is 0 Å². The summed E-state index contributed by atoms with van der Waals surface area (Å²) >= 11 is 0. The molecule has 0 nitrogen and oxygen atoms in total. The van der Waals surface area contributed by atoms with E-state index in [0.717, 1.165) is 18.2 Å². The molecule has 0 aliphatic heterocycles. The van der Waals surface area contributed by atoms with Gasteiger partial charge in [0.05, 0.1) is 0 Å². The average molecular weight is 222 g/mol. The van der Waals surface area contributed by atoms with Gasteiger partial charge in [0.15, 0.2) is 0 Å². The topological polar surface area (TPSA) is 0 Å². The molecule has 0 saturated carbocycles. The largest absolute Gasteiger partial charge is 0.106 e. The van der Waals surface area contributed by atoms with Gasteiger partial charge in [0, 0.05) is 0 Å². The monoisotopic (exact) mass is 222 g/mol. The van der Waals surface area contributed by atoms with E-state index in [2.05, 4.69) is 41.5 Å². The predicted octanol–water partition coefficient (Wildman–Crippen LogP) is 5.01. The lowest BCUT2D eigenvalue weighted by molar-refractivity contribution is 0.749. The van der Waals surface area contributed by atoms with Crippen LogP contribution in [-0.2, 0) is 0 Å². The van der Waals surface area contributed by atoms with E-state index in [-0.39, 0.29) is 0 Å². The number of hydrogen-bond donors (Lipinski definition) is 0. The van der Waals surface area contributed by atoms with Gasteiger partial charge in [-0.3, -0.25) is 0 Å². The van der Waals surface area contributed by atoms with Gasteiger partial charge in [0.2, 0.25) is 0 Å². The van der Waals surface area contributed by atoms with Crippen LogP contribution in [0.5, 0.6) is 0 Å². The van der Waals surface area contributed by atoms with Crippen LogP contribution in [0.2, 0.25) is 0 Å². The first kappa shape index (κ1) is 14.4. The van der Waals surface area contributed by atoms with E-state index in [9.17, 15) is 0 Å². The Bertz CT molecular complexity index is 269. The summed E-state index contributed by atoms with van der Waals surface area (Å²) in [5.74, 6) is 0. The first-order chi connectivity index (χ1) is 7.07. The molecule has 0 rings (SSSR count). The van der Waals surface area contributed by atoms with Crippen LogP contribution in [0.25, 0.3) is 0 Å². The summed E-state index contributed by atoms with van der Waals surface area (Å²) in [6.45, 7) is 12.0. The molecule has 84 valence electrons. The van der Waals surface area contributed by atoms with E-state index in [0.29, 0.717) is 0 Å². The van der Waals surface area contributed by atoms with Gasteiger partial charge in [0.1, 0.15) is 0 Å². The average Bonchev–Trinajstić information content (AvgIpc) is 2.17. The number of hydrogen-bond acceptors (Lipinski definition) is 0. The minimum Gasteiger partial charge on any atom is -0.106 e. The van der Waals surface area contributed by atoms with Crippen LogP contribution >= 0.6 is 9.24 Å². The lowest BCUT2D eigenvalue weighted by atomic mass is 10.1. The minimum atomic E-state index is 1.09. The Labute approximate surface area is 97.1 Å². The van der Waals surface area contributed by atoms with Crippen molar-refractivity contribution in [1.29, 1.82) is 0 Å². The number of rotatable bonds is 7. The molecule has 1 unspecified atom stereocenters. The van der Waals surface area contributed by atoms with Crippen molar-refractivity contribution in [2.45, 2.75) is 39.5 Å². The molecular weight excluding hydrogens is 199 g/mol. The highest BCUT2D eigenvalue weighted by molar-refractivity contribution is 7.23. The molecule has 0 N–H and O–H groups in total. The van der Waals surface area contributed by atoms with Crippen LogP contribution in [0.1, 0.15) is 39.5 Å². The van der Waals surface area contributed by atoms with Gasteiger partial charge in [-0.05, 0) is 50.4 Å². The van der Waals surface area contributed by atoms with Crippen molar-refractivity contribution in [2.75, 3.05) is 0 Å². The van der Waals surface area contributed by atoms with Gasteiger partial charge in [-0.25, -0.2) is 0 Å². The highest BCUT2D eigenvalue weighted by Crippen LogP contribution is 2.16. The molecular formula is C14H23P. The van der Waals surface area contributed by atoms with Gasteiger partial charge < -0.3 is 0 Å². The van der Waals surface area contributed by atoms with Crippen LogP contribution in [-0.4, -0.2) is 0 Å². The van der Waals surface area contributed by atoms with Crippen LogP contribution < -0.4 is 0 Å². The molecule has 15 heavy (non-hydrogen) atoms. The lowest BCUT2D eigenvalue weighted by Crippen LogP contribution is -1.80. The maximum Gasteiger partial charge on any atom is -0.0285 e. The fourth-order valence-corrected chi connectivity index (χ4v) is 1.38. The van der Waals surface area contributed by atoms with E-state index in [1.807, 2.05) is 13.0 Å². The van der Waals surface area contributed by atoms with Crippen molar-refractivity contribution in [3.8, 4) is 0 Å². The lowest BCUT2D eigenvalue weighted by Gasteiger charge is -2.00. The standard InChI is InChI=1S/C14H23P/c1-5-9-12(2)10-7-6-8-11-13(3)14(4)15/h5,9,11H,2,4,6-8,10,15H2,1,3H3. The van der Waals surface area contributed by atoms with Crippen LogP contribution in [0.4, 0.5) is 0 Å². The van der Waals surface area contributed by atoms with E-state index >= 15 is 0 Å². The molecule has 0 heterocycles. The molecule has 0 aliphatic rings. The maximum absolute atomic E-state index is 3.99. The summed E-state index contributed by atoms with van der Waals surface area (Å²) in [7, 11) is 2.64. The Morgan fingerprint density at radius 1 is 1.27 bits per heavy atom. The van der Waals surface area contributed by atoms with Crippen molar-refractivity contribution in [3.05, 3.63) is 47.8 Å². The second-order valence-electron chi connectivity index (χ2n) is 3.82. The third-order valence-corrected chi connectivity index (χ3v) is 2.77. The molecule has 0 amide bonds. The molecule has 0 saturated heterocycles. The quantitative estimate of drug-likeness (QED) is 0.322. The number of unbranched alkanes of at least 4 members (excludes halogenated alkanes) is 2. The molecule has 1 atom stereocenters. The van der Waals surface area contributed by atoms with Gasteiger partial charge >= 0.3 is 0 Å². The summed E-state index contributed by atoms with van der Waals surface area (Å²) in [5.41, 5.74) is 2.51. The van der Waals surface area contributed by atoms with Crippen LogP contribution in [0.15, 0.2) is 47.8 Å². The summed E-state index contributed by atoms with van der Waals surface area (Å²) < 4.78 is 0. The first-order valence-electron chi connectivity index (χ1n) is 5.50. The Morgan fingerprint density at radius 3 is 2.47 bits per heavy atom. The third kappa shape index (κ3) is 8.39. The zero-order valence-corrected chi connectivity index (χ0v) is 11.2. The molecule has 0 aliphatic carbocycles. The van der Waals surface area contributed by atoms with E-state index in [1.54, 1.807) is 0 Å². The van der Waals surface area contributed by atoms with Crippen molar-refractivity contribution in [1.82, 2.24) is 0 Å². The normalized spacial score (nSPS) is 12.1. The van der Waals surface area contributed by atoms with Gasteiger partial charge in [-0.1, -0.05) is 37.0 Å². The fraction of sp³-hybridized carbons (Fsp3) is 0.429. The summed E-state index contributed by atoms with van der Waals surface area (Å²) in [6, 6.07) is 0. The van der Waals surface area contributed by atoms with Crippen molar-refractivity contribution in [3.63, 3.8) is 0 Å². The second kappa shape index (κ2) is 8.68. The highest BCUT2D eigenvalue weighted by atomic mass is 31.0. The van der Waals surface area contributed by atoms with Gasteiger partial charge in [-0.15, -0.1) is 9.24 Å². The summed E-state index contributed by atoms with van der Waals surface area (Å²) in [6.07, 6.45) is 11.1. The molecule has 0 spiro atoms. The fourth-order valence-electron chi connectivity index (χ4n) is 1.27. The van der Waals surface area contributed by atoms with Gasteiger partial charge in [0.25, 0.3) is 0 Å². The zero-order chi connectivity index (χ0) is 11.7. The third-order valence-electron chi connectivity index (χ3n) is 2.31. The smallest absolute Gasteiger partial charge is 0.0285 e. The van der Waals surface area contributed by atoms with Gasteiger partial charge in [-0.2, -0.15) is 0 Å². The van der Waals surface area contributed by atoms with Crippen molar-refractivity contribution in [2.24, 2.45) is 0 Å². The second-order valence-corrected chi connectivity index (χ2v) is 4.51. The molecule has 0 aromatic rings. The Balaban J connectivity index is 3.60. The highest BCUT2D eigenvalue weighted by Gasteiger charge is 1.91. The van der Waals surface area contributed by atoms with E-state index in [4.69, 9.17) is 0 Å². The van der Waals surface area contributed by atoms with Crippen molar-refractivity contribution >= 4 is 9.24 Å². The van der Waals surface area contributed by atoms with Crippen LogP contribution in [0, 0.1) is 0 Å². The molecule has 0 bridgehead atoms. The molecule has 0 aromatic heterocycles. The molecule has 0 radical (unpaired) electrons. The Morgan fingerprint density at radius 2 is 1.93 bits per heavy atom. The van der Waals surface area contributed by atoms with E-state index in [1.165, 1.54) is 24.0 Å². The first-order valence-corrected chi connectivity index (χ1v) is 6.07. The predicted molar refractivity (Wildman–Crippen MR) is 75.0 cm³/mol. The number of allylic oxidation sites excluding steroid dienone is 6.